The summed E-state index contributed by atoms with van der Waals surface area (Å²) < 4.78 is 25.2. The second-order valence-corrected chi connectivity index (χ2v) is 6.27. The van der Waals surface area contributed by atoms with Crippen molar-refractivity contribution in [3.63, 3.8) is 0 Å². The molecule has 1 fully saturated rings. The molecule has 1 saturated heterocycles. The molecule has 0 amide bonds. The molecule has 0 aliphatic carbocycles. The summed E-state index contributed by atoms with van der Waals surface area (Å²) in [4.78, 5) is 0. The number of rotatable bonds is 2. The Morgan fingerprint density at radius 3 is 2.67 bits per heavy atom. The fraction of sp³-hybridized carbons (Fsp3) is 0.889. The van der Waals surface area contributed by atoms with Crippen molar-refractivity contribution in [1.29, 1.82) is 5.26 Å². The van der Waals surface area contributed by atoms with Crippen molar-refractivity contribution >= 4 is 10.0 Å². The Hall–Kier alpha value is -0.640. The van der Waals surface area contributed by atoms with Gasteiger partial charge in [-0.2, -0.15) is 9.57 Å². The van der Waals surface area contributed by atoms with Crippen LogP contribution < -0.4 is 5.73 Å². The van der Waals surface area contributed by atoms with Gasteiger partial charge in [0.15, 0.2) is 5.25 Å². The molecule has 0 aromatic rings. The summed E-state index contributed by atoms with van der Waals surface area (Å²) in [5.41, 5.74) is 5.75. The largest absolute Gasteiger partial charge is 0.328 e. The summed E-state index contributed by atoms with van der Waals surface area (Å²) in [6.07, 6.45) is 1.33. The molecule has 1 rings (SSSR count). The lowest BCUT2D eigenvalue weighted by molar-refractivity contribution is 0.246. The standard InChI is InChI=1S/C9H17N3O2S/c1-7-5-9(11)3-4-12(7)15(13,14)8(2)6-10/h7-9H,3-5,11H2,1-2H3. The molecule has 1 heterocycles. The molecule has 15 heavy (non-hydrogen) atoms. The van der Waals surface area contributed by atoms with Gasteiger partial charge in [-0.1, -0.05) is 0 Å². The Bertz CT molecular complexity index is 360. The zero-order valence-electron chi connectivity index (χ0n) is 9.05. The third-order valence-corrected chi connectivity index (χ3v) is 5.01. The fourth-order valence-electron chi connectivity index (χ4n) is 1.83. The van der Waals surface area contributed by atoms with Crippen LogP contribution in [0.15, 0.2) is 0 Å². The van der Waals surface area contributed by atoms with E-state index in [1.165, 1.54) is 11.2 Å². The van der Waals surface area contributed by atoms with Gasteiger partial charge in [-0.3, -0.25) is 0 Å². The highest BCUT2D eigenvalue weighted by molar-refractivity contribution is 7.90. The quantitative estimate of drug-likeness (QED) is 0.727. The maximum Gasteiger partial charge on any atom is 0.230 e. The third-order valence-electron chi connectivity index (χ3n) is 2.81. The minimum absolute atomic E-state index is 0.0730. The maximum atomic E-state index is 11.9. The predicted molar refractivity (Wildman–Crippen MR) is 57.4 cm³/mol. The van der Waals surface area contributed by atoms with Crippen LogP contribution in [0.3, 0.4) is 0 Å². The smallest absolute Gasteiger partial charge is 0.230 e. The number of nitriles is 1. The van der Waals surface area contributed by atoms with E-state index in [2.05, 4.69) is 0 Å². The van der Waals surface area contributed by atoms with E-state index < -0.39 is 15.3 Å². The topological polar surface area (TPSA) is 87.2 Å². The lowest BCUT2D eigenvalue weighted by atomic mass is 10.0. The minimum Gasteiger partial charge on any atom is -0.328 e. The van der Waals surface area contributed by atoms with E-state index in [1.54, 1.807) is 6.07 Å². The summed E-state index contributed by atoms with van der Waals surface area (Å²) in [6.45, 7) is 3.67. The molecular formula is C9H17N3O2S. The van der Waals surface area contributed by atoms with Crippen molar-refractivity contribution in [1.82, 2.24) is 4.31 Å². The Morgan fingerprint density at radius 2 is 2.20 bits per heavy atom. The second-order valence-electron chi connectivity index (χ2n) is 4.06. The van der Waals surface area contributed by atoms with Crippen LogP contribution in [0.5, 0.6) is 0 Å². The first-order valence-corrected chi connectivity index (χ1v) is 6.55. The van der Waals surface area contributed by atoms with Crippen LogP contribution in [0, 0.1) is 11.3 Å². The predicted octanol–water partition coefficient (Wildman–Crippen LogP) is 0.0399. The van der Waals surface area contributed by atoms with Crippen molar-refractivity contribution in [3.8, 4) is 6.07 Å². The van der Waals surface area contributed by atoms with E-state index in [-0.39, 0.29) is 12.1 Å². The van der Waals surface area contributed by atoms with Crippen molar-refractivity contribution in [3.05, 3.63) is 0 Å². The summed E-state index contributed by atoms with van der Waals surface area (Å²) >= 11 is 0. The van der Waals surface area contributed by atoms with Crippen LogP contribution in [-0.4, -0.2) is 36.6 Å². The first kappa shape index (κ1) is 12.4. The number of nitrogens with two attached hydrogens (primary N) is 1. The van der Waals surface area contributed by atoms with Crippen LogP contribution >= 0.6 is 0 Å². The van der Waals surface area contributed by atoms with Gasteiger partial charge in [0.2, 0.25) is 10.0 Å². The Morgan fingerprint density at radius 1 is 1.60 bits per heavy atom. The molecule has 1 aliphatic heterocycles. The van der Waals surface area contributed by atoms with Crippen LogP contribution in [0.4, 0.5) is 0 Å². The van der Waals surface area contributed by atoms with Gasteiger partial charge in [0.05, 0.1) is 6.07 Å². The molecular weight excluding hydrogens is 214 g/mol. The van der Waals surface area contributed by atoms with Crippen LogP contribution in [0.25, 0.3) is 0 Å². The maximum absolute atomic E-state index is 11.9. The number of hydrogen-bond acceptors (Lipinski definition) is 4. The highest BCUT2D eigenvalue weighted by Crippen LogP contribution is 2.21. The monoisotopic (exact) mass is 231 g/mol. The Labute approximate surface area is 90.9 Å². The van der Waals surface area contributed by atoms with Gasteiger partial charge >= 0.3 is 0 Å². The van der Waals surface area contributed by atoms with E-state index in [4.69, 9.17) is 11.0 Å². The lowest BCUT2D eigenvalue weighted by Crippen LogP contribution is -2.50. The Kier molecular flexibility index (Phi) is 3.71. The van der Waals surface area contributed by atoms with Gasteiger partial charge in [0.25, 0.3) is 0 Å². The molecule has 1 aliphatic rings. The molecule has 0 bridgehead atoms. The molecule has 0 spiro atoms. The highest BCUT2D eigenvalue weighted by atomic mass is 32.2. The molecule has 86 valence electrons. The lowest BCUT2D eigenvalue weighted by Gasteiger charge is -2.35. The average Bonchev–Trinajstić information content (AvgIpc) is 2.15. The van der Waals surface area contributed by atoms with E-state index in [0.29, 0.717) is 19.4 Å². The van der Waals surface area contributed by atoms with Gasteiger partial charge in [-0.25, -0.2) is 8.42 Å². The number of nitrogens with zero attached hydrogens (tertiary/aromatic N) is 2. The second kappa shape index (κ2) is 4.47. The van der Waals surface area contributed by atoms with E-state index in [1.807, 2.05) is 6.92 Å². The average molecular weight is 231 g/mol. The Balaban J connectivity index is 2.85. The molecule has 6 heteroatoms. The van der Waals surface area contributed by atoms with Crippen LogP contribution in [-0.2, 0) is 10.0 Å². The first-order valence-electron chi connectivity index (χ1n) is 5.05. The summed E-state index contributed by atoms with van der Waals surface area (Å²) in [5, 5.41) is 7.68. The van der Waals surface area contributed by atoms with Crippen molar-refractivity contribution in [2.45, 2.75) is 44.0 Å². The van der Waals surface area contributed by atoms with Crippen molar-refractivity contribution in [2.24, 2.45) is 5.73 Å². The molecule has 0 radical (unpaired) electrons. The molecule has 3 unspecified atom stereocenters. The normalized spacial score (nSPS) is 30.8. The molecule has 0 saturated carbocycles. The van der Waals surface area contributed by atoms with Crippen LogP contribution in [0.2, 0.25) is 0 Å². The number of sulfonamides is 1. The van der Waals surface area contributed by atoms with Crippen LogP contribution in [0.1, 0.15) is 26.7 Å². The summed E-state index contributed by atoms with van der Waals surface area (Å²) in [6, 6.07) is 1.74. The van der Waals surface area contributed by atoms with E-state index in [0.717, 1.165) is 0 Å². The zero-order chi connectivity index (χ0) is 11.6. The third kappa shape index (κ3) is 2.48. The fourth-order valence-corrected chi connectivity index (χ4v) is 3.32. The van der Waals surface area contributed by atoms with Gasteiger partial charge in [-0.05, 0) is 26.7 Å². The van der Waals surface area contributed by atoms with Gasteiger partial charge in [0.1, 0.15) is 0 Å². The van der Waals surface area contributed by atoms with Gasteiger partial charge in [-0.15, -0.1) is 0 Å². The molecule has 2 N–H and O–H groups in total. The van der Waals surface area contributed by atoms with E-state index >= 15 is 0 Å². The number of piperidine rings is 1. The van der Waals surface area contributed by atoms with Crippen molar-refractivity contribution in [2.75, 3.05) is 6.54 Å². The van der Waals surface area contributed by atoms with Gasteiger partial charge < -0.3 is 5.73 Å². The van der Waals surface area contributed by atoms with Gasteiger partial charge in [0, 0.05) is 18.6 Å². The first-order chi connectivity index (χ1) is 6.89. The molecule has 3 atom stereocenters. The number of hydrogen-bond donors (Lipinski definition) is 1. The zero-order valence-corrected chi connectivity index (χ0v) is 9.87. The van der Waals surface area contributed by atoms with Crippen molar-refractivity contribution < 1.29 is 8.42 Å². The highest BCUT2D eigenvalue weighted by Gasteiger charge is 2.35. The summed E-state index contributed by atoms with van der Waals surface area (Å²) in [7, 11) is -3.47. The molecule has 0 aromatic heterocycles. The summed E-state index contributed by atoms with van der Waals surface area (Å²) in [5.74, 6) is 0. The SMILES string of the molecule is CC1CC(N)CCN1S(=O)(=O)C(C)C#N. The molecule has 0 aromatic carbocycles. The van der Waals surface area contributed by atoms with E-state index in [9.17, 15) is 8.42 Å². The minimum atomic E-state index is -3.47. The molecule has 5 nitrogen and oxygen atoms in total.